The molecule has 0 bridgehead atoms. The lowest BCUT2D eigenvalue weighted by Crippen LogP contribution is -2.29. The Balaban J connectivity index is 2.87. The Labute approximate surface area is 113 Å². The molecule has 1 rings (SSSR count). The molecule has 0 fully saturated rings. The Kier molecular flexibility index (Phi) is 5.79. The molecule has 1 aromatic rings. The van der Waals surface area contributed by atoms with Crippen LogP contribution in [0.4, 0.5) is 0 Å². The van der Waals surface area contributed by atoms with Crippen molar-refractivity contribution in [1.29, 1.82) is 0 Å². The number of aliphatic carboxylic acids is 1. The summed E-state index contributed by atoms with van der Waals surface area (Å²) < 4.78 is 5.46. The zero-order chi connectivity index (χ0) is 14.4. The number of carboxylic acids is 1. The predicted octanol–water partition coefficient (Wildman–Crippen LogP) is 1.62. The molecule has 1 aromatic carbocycles. The highest BCUT2D eigenvalue weighted by Gasteiger charge is 2.21. The van der Waals surface area contributed by atoms with Crippen LogP contribution in [0.2, 0.25) is 0 Å². The predicted molar refractivity (Wildman–Crippen MR) is 72.2 cm³/mol. The maximum absolute atomic E-state index is 10.5. The van der Waals surface area contributed by atoms with Gasteiger partial charge < -0.3 is 20.7 Å². The van der Waals surface area contributed by atoms with Crippen LogP contribution in [0.1, 0.15) is 37.0 Å². The minimum Gasteiger partial charge on any atom is -0.493 e. The average molecular weight is 267 g/mol. The summed E-state index contributed by atoms with van der Waals surface area (Å²) in [5.41, 5.74) is 7.44. The molecule has 5 nitrogen and oxygen atoms in total. The minimum atomic E-state index is -0.930. The topological polar surface area (TPSA) is 92.8 Å². The lowest BCUT2D eigenvalue weighted by Gasteiger charge is -2.21. The van der Waals surface area contributed by atoms with Gasteiger partial charge in [-0.15, -0.1) is 0 Å². The van der Waals surface area contributed by atoms with Crippen molar-refractivity contribution in [2.45, 2.75) is 38.8 Å². The molecule has 0 aromatic heterocycles. The van der Waals surface area contributed by atoms with Crippen molar-refractivity contribution in [3.05, 3.63) is 29.3 Å². The largest absolute Gasteiger partial charge is 0.493 e. The van der Waals surface area contributed by atoms with Crippen LogP contribution in [0, 0.1) is 6.92 Å². The summed E-state index contributed by atoms with van der Waals surface area (Å²) in [6.07, 6.45) is -0.773. The van der Waals surface area contributed by atoms with Crippen molar-refractivity contribution in [2.24, 2.45) is 5.73 Å². The fraction of sp³-hybridized carbons (Fsp3) is 0.500. The van der Waals surface area contributed by atoms with Gasteiger partial charge in [0.25, 0.3) is 0 Å². The number of benzene rings is 1. The summed E-state index contributed by atoms with van der Waals surface area (Å²) in [7, 11) is 0. The molecule has 0 saturated heterocycles. The Morgan fingerprint density at radius 2 is 2.16 bits per heavy atom. The summed E-state index contributed by atoms with van der Waals surface area (Å²) in [4.78, 5) is 10.5. The van der Waals surface area contributed by atoms with Gasteiger partial charge in [0.2, 0.25) is 0 Å². The first-order chi connectivity index (χ1) is 8.95. The van der Waals surface area contributed by atoms with E-state index in [-0.39, 0.29) is 12.8 Å². The van der Waals surface area contributed by atoms with Gasteiger partial charge in [-0.25, -0.2) is 0 Å². The van der Waals surface area contributed by atoms with E-state index in [9.17, 15) is 9.90 Å². The Bertz CT molecular complexity index is 433. The number of nitrogens with two attached hydrogens (primary N) is 1. The number of aliphatic hydroxyl groups is 1. The molecule has 2 atom stereocenters. The van der Waals surface area contributed by atoms with Gasteiger partial charge in [0, 0.05) is 18.0 Å². The lowest BCUT2D eigenvalue weighted by molar-refractivity contribution is -0.137. The first-order valence-electron chi connectivity index (χ1n) is 6.34. The van der Waals surface area contributed by atoms with E-state index in [1.165, 1.54) is 0 Å². The number of carboxylic acid groups (broad SMARTS) is 1. The summed E-state index contributed by atoms with van der Waals surface area (Å²) in [6, 6.07) is 4.87. The van der Waals surface area contributed by atoms with Crippen LogP contribution in [-0.4, -0.2) is 28.8 Å². The second-order valence-electron chi connectivity index (χ2n) is 4.52. The van der Waals surface area contributed by atoms with Crippen molar-refractivity contribution in [3.63, 3.8) is 0 Å². The van der Waals surface area contributed by atoms with Crippen LogP contribution in [0.5, 0.6) is 5.75 Å². The van der Waals surface area contributed by atoms with Gasteiger partial charge in [-0.2, -0.15) is 0 Å². The number of rotatable bonds is 7. The smallest absolute Gasteiger partial charge is 0.303 e. The van der Waals surface area contributed by atoms with Crippen molar-refractivity contribution >= 4 is 5.97 Å². The molecule has 0 saturated carbocycles. The van der Waals surface area contributed by atoms with E-state index in [1.807, 2.05) is 26.0 Å². The van der Waals surface area contributed by atoms with Crippen LogP contribution < -0.4 is 10.5 Å². The number of aryl methyl sites for hydroxylation is 1. The molecule has 0 aliphatic carbocycles. The molecule has 19 heavy (non-hydrogen) atoms. The normalized spacial score (nSPS) is 13.9. The highest BCUT2D eigenvalue weighted by atomic mass is 16.5. The molecule has 4 N–H and O–H groups in total. The van der Waals surface area contributed by atoms with Gasteiger partial charge in [-0.1, -0.05) is 11.6 Å². The minimum absolute atomic E-state index is 0.0615. The fourth-order valence-electron chi connectivity index (χ4n) is 1.86. The van der Waals surface area contributed by atoms with E-state index in [1.54, 1.807) is 6.07 Å². The van der Waals surface area contributed by atoms with Crippen LogP contribution >= 0.6 is 0 Å². The number of ether oxygens (including phenoxy) is 1. The van der Waals surface area contributed by atoms with Gasteiger partial charge in [0.05, 0.1) is 12.7 Å². The third kappa shape index (κ3) is 4.54. The molecule has 2 unspecified atom stereocenters. The highest BCUT2D eigenvalue weighted by molar-refractivity contribution is 5.66. The van der Waals surface area contributed by atoms with Crippen molar-refractivity contribution in [1.82, 2.24) is 0 Å². The number of aliphatic hydroxyl groups excluding tert-OH is 1. The average Bonchev–Trinajstić information content (AvgIpc) is 2.37. The molecule has 0 spiro atoms. The van der Waals surface area contributed by atoms with Gasteiger partial charge >= 0.3 is 5.97 Å². The molecule has 0 aliphatic rings. The summed E-state index contributed by atoms with van der Waals surface area (Å²) in [6.45, 7) is 4.27. The maximum Gasteiger partial charge on any atom is 0.303 e. The summed E-state index contributed by atoms with van der Waals surface area (Å²) in [5, 5.41) is 18.9. The van der Waals surface area contributed by atoms with Crippen molar-refractivity contribution in [3.8, 4) is 5.75 Å². The van der Waals surface area contributed by atoms with Crippen molar-refractivity contribution < 1.29 is 19.7 Å². The molecule has 0 amide bonds. The van der Waals surface area contributed by atoms with Crippen LogP contribution in [0.15, 0.2) is 18.2 Å². The molecular weight excluding hydrogens is 246 g/mol. The first kappa shape index (κ1) is 15.5. The highest BCUT2D eigenvalue weighted by Crippen LogP contribution is 2.29. The SMILES string of the molecule is CCOc1ccc(C)cc1C(O)C(N)CCC(=O)O. The van der Waals surface area contributed by atoms with Crippen LogP contribution in [0.25, 0.3) is 0 Å². The molecule has 0 radical (unpaired) electrons. The molecule has 5 heteroatoms. The summed E-state index contributed by atoms with van der Waals surface area (Å²) >= 11 is 0. The quantitative estimate of drug-likeness (QED) is 0.698. The first-order valence-corrected chi connectivity index (χ1v) is 6.34. The zero-order valence-corrected chi connectivity index (χ0v) is 11.3. The van der Waals surface area contributed by atoms with Gasteiger partial charge in [0.15, 0.2) is 0 Å². The van der Waals surface area contributed by atoms with Crippen molar-refractivity contribution in [2.75, 3.05) is 6.61 Å². The van der Waals surface area contributed by atoms with E-state index in [0.717, 1.165) is 5.56 Å². The van der Waals surface area contributed by atoms with E-state index >= 15 is 0 Å². The van der Waals surface area contributed by atoms with Gasteiger partial charge in [-0.05, 0) is 32.4 Å². The standard InChI is InChI=1S/C14H21NO4/c1-3-19-12-6-4-9(2)8-10(12)14(18)11(15)5-7-13(16)17/h4,6,8,11,14,18H,3,5,7,15H2,1-2H3,(H,16,17). The third-order valence-electron chi connectivity index (χ3n) is 2.88. The second kappa shape index (κ2) is 7.11. The van der Waals surface area contributed by atoms with E-state index < -0.39 is 18.1 Å². The van der Waals surface area contributed by atoms with E-state index in [0.29, 0.717) is 17.9 Å². The van der Waals surface area contributed by atoms with E-state index in [4.69, 9.17) is 15.6 Å². The molecule has 0 aliphatic heterocycles. The van der Waals surface area contributed by atoms with E-state index in [2.05, 4.69) is 0 Å². The Hall–Kier alpha value is -1.59. The molecule has 106 valence electrons. The van der Waals surface area contributed by atoms with Crippen LogP contribution in [0.3, 0.4) is 0 Å². The molecule has 0 heterocycles. The molecular formula is C14H21NO4. The third-order valence-corrected chi connectivity index (χ3v) is 2.88. The maximum atomic E-state index is 10.5. The lowest BCUT2D eigenvalue weighted by atomic mass is 9.97. The van der Waals surface area contributed by atoms with Crippen LogP contribution in [-0.2, 0) is 4.79 Å². The summed E-state index contributed by atoms with van der Waals surface area (Å²) in [5.74, 6) is -0.330. The fourth-order valence-corrected chi connectivity index (χ4v) is 1.86. The monoisotopic (exact) mass is 267 g/mol. The van der Waals surface area contributed by atoms with Gasteiger partial charge in [0.1, 0.15) is 5.75 Å². The Morgan fingerprint density at radius 1 is 1.47 bits per heavy atom. The number of carbonyl (C=O) groups is 1. The zero-order valence-electron chi connectivity index (χ0n) is 11.3. The van der Waals surface area contributed by atoms with Gasteiger partial charge in [-0.3, -0.25) is 4.79 Å². The number of hydrogen-bond donors (Lipinski definition) is 3. The second-order valence-corrected chi connectivity index (χ2v) is 4.52. The number of hydrogen-bond acceptors (Lipinski definition) is 4. The Morgan fingerprint density at radius 3 is 2.74 bits per heavy atom.